The van der Waals surface area contributed by atoms with Crippen LogP contribution in [0.25, 0.3) is 6.08 Å². The highest BCUT2D eigenvalue weighted by Crippen LogP contribution is 2.34. The number of rotatable bonds is 4. The number of esters is 1. The highest BCUT2D eigenvalue weighted by Gasteiger charge is 2.27. The van der Waals surface area contributed by atoms with Gasteiger partial charge in [0.1, 0.15) is 0 Å². The summed E-state index contributed by atoms with van der Waals surface area (Å²) >= 11 is 4.70. The van der Waals surface area contributed by atoms with Crippen molar-refractivity contribution in [1.29, 1.82) is 0 Å². The molecule has 1 amide bonds. The van der Waals surface area contributed by atoms with E-state index in [1.165, 1.54) is 18.9 Å². The van der Waals surface area contributed by atoms with Crippen LogP contribution in [-0.4, -0.2) is 55.4 Å². The number of morpholine rings is 1. The van der Waals surface area contributed by atoms with Crippen molar-refractivity contribution in [2.75, 3.05) is 33.4 Å². The molecule has 0 unspecified atom stereocenters. The molecule has 4 rings (SSSR count). The maximum Gasteiger partial charge on any atom is 0.344 e. The molecule has 31 heavy (non-hydrogen) atoms. The molecule has 0 spiro atoms. The predicted molar refractivity (Wildman–Crippen MR) is 122 cm³/mol. The van der Waals surface area contributed by atoms with Crippen LogP contribution < -0.4 is 9.47 Å². The van der Waals surface area contributed by atoms with Crippen LogP contribution in [0, 0.1) is 0 Å². The first kappa shape index (κ1) is 21.6. The molecule has 0 bridgehead atoms. The second kappa shape index (κ2) is 9.67. The lowest BCUT2D eigenvalue weighted by atomic mass is 10.2. The van der Waals surface area contributed by atoms with E-state index in [9.17, 15) is 9.59 Å². The Labute approximate surface area is 192 Å². The van der Waals surface area contributed by atoms with Crippen molar-refractivity contribution in [3.63, 3.8) is 0 Å². The number of amides is 1. The lowest BCUT2D eigenvalue weighted by Gasteiger charge is -2.27. The van der Waals surface area contributed by atoms with Gasteiger partial charge >= 0.3 is 5.97 Å². The molecule has 2 aromatic carbocycles. The molecule has 0 atom stereocenters. The van der Waals surface area contributed by atoms with Crippen LogP contribution in [0.15, 0.2) is 56.8 Å². The topological polar surface area (TPSA) is 77.4 Å². The maximum absolute atomic E-state index is 12.5. The van der Waals surface area contributed by atoms with Gasteiger partial charge in [-0.2, -0.15) is 4.99 Å². The molecule has 0 radical (unpaired) electrons. The minimum Gasteiger partial charge on any atom is -0.493 e. The summed E-state index contributed by atoms with van der Waals surface area (Å²) < 4.78 is 16.9. The Morgan fingerprint density at radius 3 is 2.71 bits per heavy atom. The summed E-state index contributed by atoms with van der Waals surface area (Å²) in [4.78, 5) is 31.6. The monoisotopic (exact) mass is 502 g/mol. The molecule has 0 aromatic heterocycles. The fourth-order valence-corrected chi connectivity index (χ4v) is 4.49. The Bertz CT molecular complexity index is 1080. The van der Waals surface area contributed by atoms with Gasteiger partial charge in [-0.3, -0.25) is 4.79 Å². The van der Waals surface area contributed by atoms with Crippen molar-refractivity contribution in [3.8, 4) is 11.5 Å². The fourth-order valence-electron chi connectivity index (χ4n) is 3.08. The molecule has 2 aromatic rings. The second-order valence-corrected chi connectivity index (χ2v) is 8.55. The molecule has 1 fully saturated rings. The van der Waals surface area contributed by atoms with E-state index in [0.717, 1.165) is 18.7 Å². The van der Waals surface area contributed by atoms with Crippen LogP contribution in [0.5, 0.6) is 11.5 Å². The first-order valence-corrected chi connectivity index (χ1v) is 11.2. The summed E-state index contributed by atoms with van der Waals surface area (Å²) in [5.74, 6) is -0.0857. The third-order valence-electron chi connectivity index (χ3n) is 4.67. The number of halogens is 1. The SMILES string of the molecule is COc1cc(C=C2SC(N3CCOCC3)=NC2=O)ccc1OC(=O)c1ccccc1Br. The highest BCUT2D eigenvalue weighted by molar-refractivity contribution is 9.10. The van der Waals surface area contributed by atoms with Gasteiger partial charge in [-0.1, -0.05) is 18.2 Å². The van der Waals surface area contributed by atoms with Gasteiger partial charge in [0.25, 0.3) is 5.91 Å². The summed E-state index contributed by atoms with van der Waals surface area (Å²) in [7, 11) is 1.50. The van der Waals surface area contributed by atoms with Gasteiger partial charge in [0.15, 0.2) is 16.7 Å². The van der Waals surface area contributed by atoms with Gasteiger partial charge in [0.05, 0.1) is 30.8 Å². The van der Waals surface area contributed by atoms with Crippen molar-refractivity contribution in [3.05, 3.63) is 63.0 Å². The summed E-state index contributed by atoms with van der Waals surface area (Å²) in [6.07, 6.45) is 1.76. The van der Waals surface area contributed by atoms with Crippen molar-refractivity contribution in [2.45, 2.75) is 0 Å². The lowest BCUT2D eigenvalue weighted by molar-refractivity contribution is -0.113. The number of thioether (sulfide) groups is 1. The van der Waals surface area contributed by atoms with Crippen LogP contribution in [0.2, 0.25) is 0 Å². The standard InChI is InChI=1S/C22H19BrN2O5S/c1-28-18-12-14(6-7-17(18)30-21(27)15-4-2-3-5-16(15)23)13-19-20(26)24-22(31-19)25-8-10-29-11-9-25/h2-7,12-13H,8-11H2,1H3. The van der Waals surface area contributed by atoms with E-state index in [4.69, 9.17) is 14.2 Å². The molecule has 2 aliphatic rings. The van der Waals surface area contributed by atoms with E-state index in [2.05, 4.69) is 25.8 Å². The van der Waals surface area contributed by atoms with Crippen LogP contribution in [0.1, 0.15) is 15.9 Å². The number of amidine groups is 1. The Morgan fingerprint density at radius 1 is 1.19 bits per heavy atom. The predicted octanol–water partition coefficient (Wildman–Crippen LogP) is 3.98. The Kier molecular flexibility index (Phi) is 6.74. The third kappa shape index (κ3) is 5.00. The number of nitrogens with zero attached hydrogens (tertiary/aromatic N) is 2. The highest BCUT2D eigenvalue weighted by atomic mass is 79.9. The number of hydrogen-bond donors (Lipinski definition) is 0. The van der Waals surface area contributed by atoms with Gasteiger partial charge in [0, 0.05) is 17.6 Å². The lowest BCUT2D eigenvalue weighted by Crippen LogP contribution is -2.38. The van der Waals surface area contributed by atoms with Gasteiger partial charge in [-0.05, 0) is 63.6 Å². The number of carbonyl (C=O) groups is 2. The van der Waals surface area contributed by atoms with E-state index >= 15 is 0 Å². The van der Waals surface area contributed by atoms with E-state index < -0.39 is 5.97 Å². The molecule has 9 heteroatoms. The van der Waals surface area contributed by atoms with E-state index in [0.29, 0.717) is 44.8 Å². The molecule has 160 valence electrons. The van der Waals surface area contributed by atoms with Gasteiger partial charge in [0.2, 0.25) is 0 Å². The molecule has 0 saturated carbocycles. The summed E-state index contributed by atoms with van der Waals surface area (Å²) in [5, 5.41) is 0.700. The first-order valence-electron chi connectivity index (χ1n) is 9.55. The van der Waals surface area contributed by atoms with Crippen molar-refractivity contribution in [2.24, 2.45) is 4.99 Å². The number of aliphatic imine (C=N–C) groups is 1. The van der Waals surface area contributed by atoms with E-state index in [1.54, 1.807) is 42.5 Å². The van der Waals surface area contributed by atoms with E-state index in [1.807, 2.05) is 6.07 Å². The molecule has 0 N–H and O–H groups in total. The summed E-state index contributed by atoms with van der Waals surface area (Å²) in [6.45, 7) is 2.70. The Morgan fingerprint density at radius 2 is 1.97 bits per heavy atom. The second-order valence-electron chi connectivity index (χ2n) is 6.69. The number of carbonyl (C=O) groups excluding carboxylic acids is 2. The van der Waals surface area contributed by atoms with Crippen LogP contribution >= 0.6 is 27.7 Å². The Hall–Kier alpha value is -2.62. The van der Waals surface area contributed by atoms with Crippen molar-refractivity contribution < 1.29 is 23.8 Å². The molecule has 7 nitrogen and oxygen atoms in total. The van der Waals surface area contributed by atoms with Crippen molar-refractivity contribution in [1.82, 2.24) is 4.90 Å². The number of benzene rings is 2. The Balaban J connectivity index is 1.50. The molecule has 0 aliphatic carbocycles. The quantitative estimate of drug-likeness (QED) is 0.355. The van der Waals surface area contributed by atoms with Gasteiger partial charge in [-0.25, -0.2) is 4.79 Å². The zero-order valence-electron chi connectivity index (χ0n) is 16.7. The molecule has 2 aliphatic heterocycles. The number of methoxy groups -OCH3 is 1. The maximum atomic E-state index is 12.5. The summed E-state index contributed by atoms with van der Waals surface area (Å²) in [6, 6.07) is 12.2. The van der Waals surface area contributed by atoms with E-state index in [-0.39, 0.29) is 5.91 Å². The minimum atomic E-state index is -0.498. The average molecular weight is 503 g/mol. The minimum absolute atomic E-state index is 0.269. The fraction of sp³-hybridized carbons (Fsp3) is 0.227. The normalized spacial score (nSPS) is 17.6. The van der Waals surface area contributed by atoms with Crippen molar-refractivity contribution >= 4 is 50.8 Å². The molecular formula is C22H19BrN2O5S. The van der Waals surface area contributed by atoms with Crippen LogP contribution in [-0.2, 0) is 9.53 Å². The largest absolute Gasteiger partial charge is 0.493 e. The van der Waals surface area contributed by atoms with Crippen LogP contribution in [0.3, 0.4) is 0 Å². The smallest absolute Gasteiger partial charge is 0.344 e. The zero-order valence-corrected chi connectivity index (χ0v) is 19.1. The number of ether oxygens (including phenoxy) is 3. The number of hydrogen-bond acceptors (Lipinski definition) is 7. The average Bonchev–Trinajstić information content (AvgIpc) is 3.15. The molecule has 2 heterocycles. The zero-order chi connectivity index (χ0) is 21.8. The van der Waals surface area contributed by atoms with Gasteiger partial charge in [-0.15, -0.1) is 0 Å². The van der Waals surface area contributed by atoms with Gasteiger partial charge < -0.3 is 19.1 Å². The molecular weight excluding hydrogens is 484 g/mol. The summed E-state index contributed by atoms with van der Waals surface area (Å²) in [5.41, 5.74) is 1.16. The third-order valence-corrected chi connectivity index (χ3v) is 6.41. The molecule has 1 saturated heterocycles. The van der Waals surface area contributed by atoms with Crippen LogP contribution in [0.4, 0.5) is 0 Å². The first-order chi connectivity index (χ1) is 15.0.